The largest absolute Gasteiger partial charge is 0.350 e. The van der Waals surface area contributed by atoms with E-state index in [2.05, 4.69) is 15.5 Å². The summed E-state index contributed by atoms with van der Waals surface area (Å²) in [5.74, 6) is -0.298. The van der Waals surface area contributed by atoms with Gasteiger partial charge in [-0.05, 0) is 39.0 Å². The van der Waals surface area contributed by atoms with Gasteiger partial charge in [-0.15, -0.1) is 0 Å². The van der Waals surface area contributed by atoms with Crippen molar-refractivity contribution in [3.63, 3.8) is 0 Å². The lowest BCUT2D eigenvalue weighted by Gasteiger charge is -2.08. The number of hydrogen-bond acceptors (Lipinski definition) is 3. The van der Waals surface area contributed by atoms with Gasteiger partial charge in [-0.2, -0.15) is 10.2 Å². The van der Waals surface area contributed by atoms with Crippen molar-refractivity contribution in [3.8, 4) is 5.69 Å². The fraction of sp³-hybridized carbons (Fsp3) is 0.316. The molecule has 0 saturated carbocycles. The summed E-state index contributed by atoms with van der Waals surface area (Å²) >= 11 is 0. The van der Waals surface area contributed by atoms with Gasteiger partial charge in [0.1, 0.15) is 12.2 Å². The minimum atomic E-state index is -2.65. The summed E-state index contributed by atoms with van der Waals surface area (Å²) in [5.41, 5.74) is 3.84. The highest BCUT2D eigenvalue weighted by atomic mass is 19.3. The molecule has 0 bridgehead atoms. The zero-order valence-electron chi connectivity index (χ0n) is 15.4. The summed E-state index contributed by atoms with van der Waals surface area (Å²) < 4.78 is 28.5. The molecule has 0 spiro atoms. The Morgan fingerprint density at radius 2 is 1.85 bits per heavy atom. The predicted molar refractivity (Wildman–Crippen MR) is 96.8 cm³/mol. The molecule has 0 saturated heterocycles. The summed E-state index contributed by atoms with van der Waals surface area (Å²) in [7, 11) is 0. The van der Waals surface area contributed by atoms with Crippen molar-refractivity contribution in [2.24, 2.45) is 0 Å². The second-order valence-electron chi connectivity index (χ2n) is 6.34. The van der Waals surface area contributed by atoms with Gasteiger partial charge in [-0.1, -0.05) is 18.2 Å². The number of carbonyl (C=O) groups is 1. The Morgan fingerprint density at radius 1 is 1.15 bits per heavy atom. The van der Waals surface area contributed by atoms with E-state index in [-0.39, 0.29) is 18.1 Å². The van der Waals surface area contributed by atoms with E-state index in [4.69, 9.17) is 0 Å². The van der Waals surface area contributed by atoms with E-state index in [1.54, 1.807) is 6.92 Å². The minimum absolute atomic E-state index is 0.108. The molecule has 2 aromatic heterocycles. The van der Waals surface area contributed by atoms with Gasteiger partial charge in [-0.3, -0.25) is 9.48 Å². The van der Waals surface area contributed by atoms with Gasteiger partial charge < -0.3 is 5.32 Å². The summed E-state index contributed by atoms with van der Waals surface area (Å²) in [6.45, 7) is 5.68. The van der Waals surface area contributed by atoms with Crippen LogP contribution in [0, 0.1) is 20.8 Å². The Kier molecular flexibility index (Phi) is 5.34. The molecule has 1 aromatic carbocycles. The average molecular weight is 373 g/mol. The highest BCUT2D eigenvalue weighted by Crippen LogP contribution is 2.19. The van der Waals surface area contributed by atoms with Crippen LogP contribution in [0.2, 0.25) is 0 Å². The minimum Gasteiger partial charge on any atom is -0.350 e. The third-order valence-electron chi connectivity index (χ3n) is 4.42. The first-order chi connectivity index (χ1) is 12.9. The molecule has 3 rings (SSSR count). The summed E-state index contributed by atoms with van der Waals surface area (Å²) in [4.78, 5) is 12.2. The van der Waals surface area contributed by atoms with E-state index in [1.807, 2.05) is 48.9 Å². The van der Waals surface area contributed by atoms with E-state index >= 15 is 0 Å². The van der Waals surface area contributed by atoms with Gasteiger partial charge in [0.15, 0.2) is 0 Å². The van der Waals surface area contributed by atoms with E-state index in [9.17, 15) is 13.6 Å². The molecule has 27 heavy (non-hydrogen) atoms. The first-order valence-corrected chi connectivity index (χ1v) is 8.56. The maximum Gasteiger partial charge on any atom is 0.282 e. The Bertz CT molecular complexity index is 947. The molecule has 3 aromatic rings. The number of aromatic nitrogens is 4. The van der Waals surface area contributed by atoms with Crippen LogP contribution in [-0.2, 0) is 17.9 Å². The molecule has 6 nitrogen and oxygen atoms in total. The van der Waals surface area contributed by atoms with Crippen LogP contribution in [-0.4, -0.2) is 25.5 Å². The molecule has 1 amide bonds. The van der Waals surface area contributed by atoms with Crippen LogP contribution in [0.15, 0.2) is 36.4 Å². The number of nitrogens with one attached hydrogen (secondary N) is 1. The van der Waals surface area contributed by atoms with Crippen LogP contribution in [0.1, 0.15) is 34.8 Å². The van der Waals surface area contributed by atoms with E-state index in [0.29, 0.717) is 12.2 Å². The van der Waals surface area contributed by atoms with Crippen molar-refractivity contribution in [3.05, 3.63) is 64.7 Å². The van der Waals surface area contributed by atoms with Gasteiger partial charge in [-0.25, -0.2) is 13.5 Å². The van der Waals surface area contributed by atoms with Crippen LogP contribution in [0.3, 0.4) is 0 Å². The Labute approximate surface area is 155 Å². The molecule has 0 aliphatic carbocycles. The molecular weight excluding hydrogens is 352 g/mol. The zero-order valence-corrected chi connectivity index (χ0v) is 15.4. The highest BCUT2D eigenvalue weighted by molar-refractivity contribution is 5.75. The van der Waals surface area contributed by atoms with Gasteiger partial charge in [0, 0.05) is 23.5 Å². The molecule has 0 atom stereocenters. The van der Waals surface area contributed by atoms with Gasteiger partial charge in [0.2, 0.25) is 5.91 Å². The monoisotopic (exact) mass is 373 g/mol. The average Bonchev–Trinajstić information content (AvgIpc) is 3.14. The summed E-state index contributed by atoms with van der Waals surface area (Å²) in [6, 6.07) is 11.0. The van der Waals surface area contributed by atoms with Crippen LogP contribution < -0.4 is 5.32 Å². The van der Waals surface area contributed by atoms with Gasteiger partial charge >= 0.3 is 0 Å². The molecule has 0 aliphatic heterocycles. The number of para-hydroxylation sites is 1. The molecule has 0 unspecified atom stereocenters. The summed E-state index contributed by atoms with van der Waals surface area (Å²) in [5, 5.41) is 11.1. The third-order valence-corrected chi connectivity index (χ3v) is 4.42. The van der Waals surface area contributed by atoms with Crippen LogP contribution in [0.5, 0.6) is 0 Å². The smallest absolute Gasteiger partial charge is 0.282 e. The normalized spacial score (nSPS) is 11.2. The van der Waals surface area contributed by atoms with E-state index < -0.39 is 6.43 Å². The Balaban J connectivity index is 1.68. The van der Waals surface area contributed by atoms with E-state index in [1.165, 1.54) is 10.7 Å². The van der Waals surface area contributed by atoms with Crippen LogP contribution >= 0.6 is 0 Å². The number of amides is 1. The fourth-order valence-electron chi connectivity index (χ4n) is 2.93. The number of rotatable bonds is 6. The molecule has 0 aliphatic rings. The first kappa shape index (κ1) is 18.8. The predicted octanol–water partition coefficient (Wildman–Crippen LogP) is 3.25. The standard InChI is InChI=1S/C19H21F2N5O/c1-12-9-17(19(20)21)24-25(12)11-18(27)22-10-16-13(2)23-26(14(16)3)15-7-5-4-6-8-15/h4-9,19H,10-11H2,1-3H3,(H,22,27). The second kappa shape index (κ2) is 7.69. The molecule has 0 radical (unpaired) electrons. The Morgan fingerprint density at radius 3 is 2.48 bits per heavy atom. The number of hydrogen-bond donors (Lipinski definition) is 1. The van der Waals surface area contributed by atoms with Crippen molar-refractivity contribution in [1.82, 2.24) is 24.9 Å². The molecule has 1 N–H and O–H groups in total. The van der Waals surface area contributed by atoms with Crippen molar-refractivity contribution < 1.29 is 13.6 Å². The maximum absolute atomic E-state index is 12.7. The van der Waals surface area contributed by atoms with Gasteiger partial charge in [0.25, 0.3) is 6.43 Å². The summed E-state index contributed by atoms with van der Waals surface area (Å²) in [6.07, 6.45) is -2.65. The van der Waals surface area contributed by atoms with E-state index in [0.717, 1.165) is 22.6 Å². The zero-order chi connectivity index (χ0) is 19.6. The number of carbonyl (C=O) groups excluding carboxylic acids is 1. The fourth-order valence-corrected chi connectivity index (χ4v) is 2.93. The van der Waals surface area contributed by atoms with Crippen molar-refractivity contribution >= 4 is 5.91 Å². The number of nitrogens with zero attached hydrogens (tertiary/aromatic N) is 4. The van der Waals surface area contributed by atoms with Crippen LogP contribution in [0.25, 0.3) is 5.69 Å². The lowest BCUT2D eigenvalue weighted by atomic mass is 10.2. The molecular formula is C19H21F2N5O. The maximum atomic E-state index is 12.7. The van der Waals surface area contributed by atoms with Gasteiger partial charge in [0.05, 0.1) is 11.4 Å². The number of halogens is 2. The Hall–Kier alpha value is -3.03. The highest BCUT2D eigenvalue weighted by Gasteiger charge is 2.16. The quantitative estimate of drug-likeness (QED) is 0.721. The number of benzene rings is 1. The lowest BCUT2D eigenvalue weighted by molar-refractivity contribution is -0.122. The van der Waals surface area contributed by atoms with Crippen molar-refractivity contribution in [1.29, 1.82) is 0 Å². The number of aryl methyl sites for hydroxylation is 2. The topological polar surface area (TPSA) is 64.7 Å². The lowest BCUT2D eigenvalue weighted by Crippen LogP contribution is -2.28. The molecule has 2 heterocycles. The molecule has 8 heteroatoms. The van der Waals surface area contributed by atoms with Crippen LogP contribution in [0.4, 0.5) is 8.78 Å². The second-order valence-corrected chi connectivity index (χ2v) is 6.34. The molecule has 0 fully saturated rings. The number of alkyl halides is 2. The first-order valence-electron chi connectivity index (χ1n) is 8.56. The van der Waals surface area contributed by atoms with Crippen molar-refractivity contribution in [2.45, 2.75) is 40.3 Å². The molecule has 142 valence electrons. The SMILES string of the molecule is Cc1nn(-c2ccccc2)c(C)c1CNC(=O)Cn1nc(C(F)F)cc1C. The van der Waals surface area contributed by atoms with Crippen molar-refractivity contribution in [2.75, 3.05) is 0 Å². The third kappa shape index (κ3) is 4.05.